The summed E-state index contributed by atoms with van der Waals surface area (Å²) in [7, 11) is -3.52. The molecule has 1 heterocycles. The van der Waals surface area contributed by atoms with E-state index in [0.717, 1.165) is 16.7 Å². The predicted molar refractivity (Wildman–Crippen MR) is 152 cm³/mol. The molecular weight excluding hydrogens is 584 g/mol. The Morgan fingerprint density at radius 3 is 2.47 bits per heavy atom. The van der Waals surface area contributed by atoms with E-state index in [1.54, 1.807) is 31.2 Å². The van der Waals surface area contributed by atoms with Crippen molar-refractivity contribution < 1.29 is 36.6 Å². The molecule has 226 valence electrons. The summed E-state index contributed by atoms with van der Waals surface area (Å²) < 4.78 is 68.8. The van der Waals surface area contributed by atoms with Gasteiger partial charge < -0.3 is 20.3 Å². The molecule has 3 N–H and O–H groups in total. The number of sulfone groups is 1. The number of amides is 1. The van der Waals surface area contributed by atoms with Gasteiger partial charge in [-0.2, -0.15) is 4.98 Å². The average Bonchev–Trinajstić information content (AvgIpc) is 2.95. The minimum atomic E-state index is -4.87. The van der Waals surface area contributed by atoms with Crippen LogP contribution in [0.4, 0.5) is 8.78 Å². The zero-order chi connectivity index (χ0) is 31.3. The molecule has 0 saturated heterocycles. The Morgan fingerprint density at radius 1 is 1.07 bits per heavy atom. The molecule has 0 spiro atoms. The fourth-order valence-corrected chi connectivity index (χ4v) is 6.07. The number of benzene rings is 3. The van der Waals surface area contributed by atoms with Gasteiger partial charge in [-0.1, -0.05) is 42.5 Å². The summed E-state index contributed by atoms with van der Waals surface area (Å²) in [5.74, 6) is -3.45. The minimum absolute atomic E-state index is 0.00566. The highest BCUT2D eigenvalue weighted by Gasteiger charge is 2.33. The Bertz CT molecular complexity index is 1830. The molecule has 13 heteroatoms. The monoisotopic (exact) mass is 613 g/mol. The molecule has 4 rings (SSSR count). The van der Waals surface area contributed by atoms with Crippen molar-refractivity contribution >= 4 is 15.7 Å². The first kappa shape index (κ1) is 31.5. The Hall–Kier alpha value is -4.46. The van der Waals surface area contributed by atoms with Gasteiger partial charge in [-0.05, 0) is 47.9 Å². The first-order chi connectivity index (χ1) is 20.5. The molecule has 4 aromatic rings. The Kier molecular flexibility index (Phi) is 9.69. The number of primary amides is 1. The molecule has 0 aliphatic rings. The number of methoxy groups -OCH3 is 1. The summed E-state index contributed by atoms with van der Waals surface area (Å²) in [6.45, 7) is 1.41. The lowest BCUT2D eigenvalue weighted by Crippen LogP contribution is -2.35. The maximum Gasteiger partial charge on any atom is 0.277 e. The molecule has 0 radical (unpaired) electrons. The quantitative estimate of drug-likeness (QED) is 0.246. The van der Waals surface area contributed by atoms with E-state index < -0.39 is 54.7 Å². The van der Waals surface area contributed by atoms with Crippen molar-refractivity contribution in [2.24, 2.45) is 5.73 Å². The van der Waals surface area contributed by atoms with Crippen LogP contribution in [-0.4, -0.2) is 49.3 Å². The fourth-order valence-electron chi connectivity index (χ4n) is 4.72. The second-order valence-electron chi connectivity index (χ2n) is 9.46. The third-order valence-electron chi connectivity index (χ3n) is 6.63. The molecule has 1 amide bonds. The number of hydrogen-bond acceptors (Lipinski definition) is 8. The number of aromatic hydroxyl groups is 1. The molecular formula is C30H29F2N3O7S. The van der Waals surface area contributed by atoms with Crippen molar-refractivity contribution in [3.05, 3.63) is 106 Å². The lowest BCUT2D eigenvalue weighted by Gasteiger charge is -2.24. The minimum Gasteiger partial charge on any atom is -0.492 e. The molecule has 1 unspecified atom stereocenters. The maximum absolute atomic E-state index is 15.5. The van der Waals surface area contributed by atoms with Crippen LogP contribution in [-0.2, 0) is 37.1 Å². The number of nitrogens with two attached hydrogens (primary N) is 1. The van der Waals surface area contributed by atoms with Gasteiger partial charge in [0.25, 0.3) is 5.56 Å². The Labute approximate surface area is 246 Å². The zero-order valence-corrected chi connectivity index (χ0v) is 24.1. The first-order valence-corrected chi connectivity index (χ1v) is 14.6. The smallest absolute Gasteiger partial charge is 0.277 e. The number of hydrogen-bond donors (Lipinski definition) is 2. The van der Waals surface area contributed by atoms with Gasteiger partial charge in [-0.3, -0.25) is 14.2 Å². The normalized spacial score (nSPS) is 12.3. The van der Waals surface area contributed by atoms with Gasteiger partial charge in [-0.15, -0.1) is 0 Å². The summed E-state index contributed by atoms with van der Waals surface area (Å²) in [6.07, 6.45) is -0.170. The van der Waals surface area contributed by atoms with Gasteiger partial charge in [-0.25, -0.2) is 17.2 Å². The molecule has 0 saturated carbocycles. The first-order valence-electron chi connectivity index (χ1n) is 13.1. The lowest BCUT2D eigenvalue weighted by molar-refractivity contribution is -0.117. The summed E-state index contributed by atoms with van der Waals surface area (Å²) in [4.78, 5) is 27.7. The number of halogens is 2. The van der Waals surface area contributed by atoms with Crippen LogP contribution in [0.15, 0.2) is 81.3 Å². The van der Waals surface area contributed by atoms with Crippen molar-refractivity contribution in [1.29, 1.82) is 0 Å². The molecule has 0 aliphatic carbocycles. The predicted octanol–water partition coefficient (Wildman–Crippen LogP) is 3.53. The Morgan fingerprint density at radius 2 is 1.81 bits per heavy atom. The Balaban J connectivity index is 1.90. The maximum atomic E-state index is 15.5. The lowest BCUT2D eigenvalue weighted by atomic mass is 9.97. The van der Waals surface area contributed by atoms with Crippen LogP contribution < -0.4 is 11.3 Å². The third-order valence-corrected chi connectivity index (χ3v) is 8.40. The zero-order valence-electron chi connectivity index (χ0n) is 23.3. The van der Waals surface area contributed by atoms with Crippen molar-refractivity contribution in [3.8, 4) is 17.0 Å². The van der Waals surface area contributed by atoms with Crippen molar-refractivity contribution in [3.63, 3.8) is 0 Å². The third kappa shape index (κ3) is 6.63. The molecule has 0 fully saturated rings. The van der Waals surface area contributed by atoms with E-state index in [-0.39, 0.29) is 43.2 Å². The van der Waals surface area contributed by atoms with Gasteiger partial charge in [0.2, 0.25) is 21.6 Å². The highest BCUT2D eigenvalue weighted by molar-refractivity contribution is 7.91. The van der Waals surface area contributed by atoms with Crippen molar-refractivity contribution in [1.82, 2.24) is 9.55 Å². The SMILES string of the molecule is CCOCc1nc(O)c(S(=O)(=O)c2ccc(-c3ccccc3CC(N)=O)c(F)c2)c(=O)n1C(COC)c1cccc(F)c1. The van der Waals surface area contributed by atoms with E-state index in [1.165, 1.54) is 31.4 Å². The van der Waals surface area contributed by atoms with Crippen LogP contribution in [0.25, 0.3) is 11.1 Å². The van der Waals surface area contributed by atoms with Gasteiger partial charge in [0, 0.05) is 19.3 Å². The molecule has 3 aromatic carbocycles. The van der Waals surface area contributed by atoms with E-state index >= 15 is 4.39 Å². The number of nitrogens with zero attached hydrogens (tertiary/aromatic N) is 2. The van der Waals surface area contributed by atoms with Crippen LogP contribution in [0.3, 0.4) is 0 Å². The van der Waals surface area contributed by atoms with Gasteiger partial charge in [0.15, 0.2) is 4.90 Å². The van der Waals surface area contributed by atoms with Gasteiger partial charge in [0.1, 0.15) is 24.1 Å². The number of aromatic nitrogens is 2. The number of carbonyl (C=O) groups is 1. The molecule has 0 bridgehead atoms. The molecule has 10 nitrogen and oxygen atoms in total. The van der Waals surface area contributed by atoms with Crippen molar-refractivity contribution in [2.45, 2.75) is 35.8 Å². The number of carbonyl (C=O) groups excluding carboxylic acids is 1. The number of ether oxygens (including phenoxy) is 2. The molecule has 43 heavy (non-hydrogen) atoms. The van der Waals surface area contributed by atoms with Crippen LogP contribution in [0, 0.1) is 11.6 Å². The van der Waals surface area contributed by atoms with Gasteiger partial charge in [0.05, 0.1) is 24.0 Å². The molecule has 1 atom stereocenters. The van der Waals surface area contributed by atoms with E-state index in [2.05, 4.69) is 4.98 Å². The van der Waals surface area contributed by atoms with Crippen LogP contribution in [0.2, 0.25) is 0 Å². The standard InChI is InChI=1S/C30H29F2N3O7S/c1-3-42-17-27-34-29(37)28(30(38)35(27)25(16-41-2)19-8-6-9-20(31)13-19)43(39,40)21-11-12-23(24(32)15-21)22-10-5-4-7-18(22)14-26(33)36/h4-13,15,25,37H,3,14,16-17H2,1-2H3,(H2,33,36). The summed E-state index contributed by atoms with van der Waals surface area (Å²) in [5, 5.41) is 10.8. The highest BCUT2D eigenvalue weighted by atomic mass is 32.2. The average molecular weight is 614 g/mol. The number of rotatable bonds is 12. The van der Waals surface area contributed by atoms with Crippen molar-refractivity contribution in [2.75, 3.05) is 20.3 Å². The molecule has 0 aliphatic heterocycles. The van der Waals surface area contributed by atoms with Crippen LogP contribution in [0.5, 0.6) is 5.88 Å². The summed E-state index contributed by atoms with van der Waals surface area (Å²) >= 11 is 0. The molecule has 1 aromatic heterocycles. The van der Waals surface area contributed by atoms with E-state index in [1.807, 2.05) is 0 Å². The second-order valence-corrected chi connectivity index (χ2v) is 11.4. The topological polar surface area (TPSA) is 151 Å². The van der Waals surface area contributed by atoms with Gasteiger partial charge >= 0.3 is 0 Å². The van der Waals surface area contributed by atoms with E-state index in [4.69, 9.17) is 15.2 Å². The summed E-state index contributed by atoms with van der Waals surface area (Å²) in [5.41, 5.74) is 5.14. The van der Waals surface area contributed by atoms with E-state index in [0.29, 0.717) is 17.2 Å². The van der Waals surface area contributed by atoms with Crippen LogP contribution >= 0.6 is 0 Å². The summed E-state index contributed by atoms with van der Waals surface area (Å²) in [6, 6.07) is 13.6. The fraction of sp³-hybridized carbons (Fsp3) is 0.233. The largest absolute Gasteiger partial charge is 0.492 e. The van der Waals surface area contributed by atoms with E-state index in [9.17, 15) is 27.5 Å². The van der Waals surface area contributed by atoms with Crippen LogP contribution in [0.1, 0.15) is 29.9 Å². The second kappa shape index (κ2) is 13.2. The highest BCUT2D eigenvalue weighted by Crippen LogP contribution is 2.32.